The third-order valence-corrected chi connectivity index (χ3v) is 5.72. The second kappa shape index (κ2) is 11.6. The number of anilines is 1. The van der Waals surface area contributed by atoms with Crippen molar-refractivity contribution in [3.05, 3.63) is 65.9 Å². The molecule has 2 aromatic carbocycles. The Morgan fingerprint density at radius 3 is 2.60 bits per heavy atom. The number of para-hydroxylation sites is 1. The Morgan fingerprint density at radius 1 is 1.07 bits per heavy atom. The summed E-state index contributed by atoms with van der Waals surface area (Å²) in [5.74, 6) is 1.80. The summed E-state index contributed by atoms with van der Waals surface area (Å²) in [5, 5.41) is 0. The molecule has 0 atom stereocenters. The van der Waals surface area contributed by atoms with Gasteiger partial charge in [-0.3, -0.25) is 0 Å². The summed E-state index contributed by atoms with van der Waals surface area (Å²) >= 11 is 1.91. The summed E-state index contributed by atoms with van der Waals surface area (Å²) in [7, 11) is 0. The molecule has 1 aliphatic rings. The second-order valence-corrected chi connectivity index (χ2v) is 7.86. The Labute approximate surface area is 183 Å². The fraction of sp³-hybridized carbons (Fsp3) is 0.375. The van der Waals surface area contributed by atoms with Gasteiger partial charge in [0.15, 0.2) is 0 Å². The van der Waals surface area contributed by atoms with Gasteiger partial charge >= 0.3 is 5.97 Å². The van der Waals surface area contributed by atoms with Crippen LogP contribution in [0, 0.1) is 0 Å². The average molecular weight is 428 g/mol. The molecule has 0 saturated heterocycles. The number of thioether (sulfide) groups is 1. The first-order valence-corrected chi connectivity index (χ1v) is 11.4. The number of carbonyl (C=O) groups is 1. The lowest BCUT2D eigenvalue weighted by Gasteiger charge is -2.30. The van der Waals surface area contributed by atoms with Gasteiger partial charge in [-0.2, -0.15) is 0 Å². The molecule has 0 aromatic heterocycles. The van der Waals surface area contributed by atoms with Crippen molar-refractivity contribution in [3.63, 3.8) is 0 Å². The van der Waals surface area contributed by atoms with Crippen LogP contribution in [0.15, 0.2) is 65.3 Å². The van der Waals surface area contributed by atoms with E-state index >= 15 is 0 Å². The Balaban J connectivity index is 1.50. The van der Waals surface area contributed by atoms with Gasteiger partial charge in [-0.1, -0.05) is 24.3 Å². The summed E-state index contributed by atoms with van der Waals surface area (Å²) < 4.78 is 16.4. The SMILES string of the molecule is CCOC(=O)/C(=C\Cc1ccc(OCCN2CCSc3ccccc32)cc1)OCC. The fourth-order valence-corrected chi connectivity index (χ4v) is 4.28. The topological polar surface area (TPSA) is 48.0 Å². The first-order valence-electron chi connectivity index (χ1n) is 10.4. The van der Waals surface area contributed by atoms with Gasteiger partial charge in [-0.25, -0.2) is 4.79 Å². The van der Waals surface area contributed by atoms with Crippen molar-refractivity contribution in [2.24, 2.45) is 0 Å². The maximum absolute atomic E-state index is 11.9. The Bertz CT molecular complexity index is 851. The molecule has 0 bridgehead atoms. The number of hydrogen-bond donors (Lipinski definition) is 0. The van der Waals surface area contributed by atoms with E-state index in [1.165, 1.54) is 10.6 Å². The zero-order chi connectivity index (χ0) is 21.2. The first-order chi connectivity index (χ1) is 14.7. The average Bonchev–Trinajstić information content (AvgIpc) is 2.78. The highest BCUT2D eigenvalue weighted by atomic mass is 32.2. The number of benzene rings is 2. The lowest BCUT2D eigenvalue weighted by atomic mass is 10.1. The van der Waals surface area contributed by atoms with Crippen LogP contribution in [0.25, 0.3) is 0 Å². The molecule has 5 nitrogen and oxygen atoms in total. The predicted octanol–water partition coefficient (Wildman–Crippen LogP) is 4.70. The van der Waals surface area contributed by atoms with Crippen molar-refractivity contribution in [1.29, 1.82) is 0 Å². The molecular weight excluding hydrogens is 398 g/mol. The van der Waals surface area contributed by atoms with Crippen LogP contribution in [-0.4, -0.2) is 44.6 Å². The van der Waals surface area contributed by atoms with E-state index in [4.69, 9.17) is 14.2 Å². The molecule has 0 saturated carbocycles. The number of hydrogen-bond acceptors (Lipinski definition) is 6. The molecule has 3 rings (SSSR count). The van der Waals surface area contributed by atoms with E-state index in [0.29, 0.717) is 26.2 Å². The van der Waals surface area contributed by atoms with Crippen molar-refractivity contribution in [2.75, 3.05) is 43.6 Å². The minimum atomic E-state index is -0.419. The highest BCUT2D eigenvalue weighted by Crippen LogP contribution is 2.33. The number of fused-ring (bicyclic) bond motifs is 1. The maximum Gasteiger partial charge on any atom is 0.373 e. The number of esters is 1. The fourth-order valence-electron chi connectivity index (χ4n) is 3.22. The molecule has 2 aromatic rings. The second-order valence-electron chi connectivity index (χ2n) is 6.72. The standard InChI is InChI=1S/C24H29NO4S/c1-3-27-22(24(26)28-4-2)14-11-19-9-12-20(13-10-19)29-17-15-25-16-18-30-23-8-6-5-7-21(23)25/h5-10,12-14H,3-4,11,15-18H2,1-2H3/b22-14+. The molecule has 0 unspecified atom stereocenters. The minimum absolute atomic E-state index is 0.264. The van der Waals surface area contributed by atoms with Gasteiger partial charge in [-0.15, -0.1) is 11.8 Å². The maximum atomic E-state index is 11.9. The van der Waals surface area contributed by atoms with Gasteiger partial charge in [0.05, 0.1) is 25.4 Å². The van der Waals surface area contributed by atoms with E-state index in [0.717, 1.165) is 30.2 Å². The molecule has 1 heterocycles. The molecule has 0 amide bonds. The van der Waals surface area contributed by atoms with Crippen molar-refractivity contribution in [2.45, 2.75) is 25.2 Å². The van der Waals surface area contributed by atoms with E-state index in [-0.39, 0.29) is 5.76 Å². The molecule has 0 aliphatic carbocycles. The molecule has 6 heteroatoms. The molecular formula is C24H29NO4S. The normalized spacial score (nSPS) is 13.5. The van der Waals surface area contributed by atoms with Crippen molar-refractivity contribution < 1.29 is 19.0 Å². The van der Waals surface area contributed by atoms with Gasteiger partial charge in [0.25, 0.3) is 0 Å². The molecule has 1 aliphatic heterocycles. The molecule has 0 N–H and O–H groups in total. The first kappa shape index (κ1) is 22.1. The van der Waals surface area contributed by atoms with Crippen molar-refractivity contribution in [1.82, 2.24) is 0 Å². The molecule has 0 fully saturated rings. The number of nitrogens with zero attached hydrogens (tertiary/aromatic N) is 1. The Morgan fingerprint density at radius 2 is 1.83 bits per heavy atom. The summed E-state index contributed by atoms with van der Waals surface area (Å²) in [5.41, 5.74) is 2.37. The van der Waals surface area contributed by atoms with E-state index in [1.807, 2.05) is 43.0 Å². The molecule has 0 radical (unpaired) electrons. The van der Waals surface area contributed by atoms with E-state index in [2.05, 4.69) is 29.2 Å². The van der Waals surface area contributed by atoms with E-state index in [1.54, 1.807) is 13.0 Å². The Kier molecular flexibility index (Phi) is 8.51. The van der Waals surface area contributed by atoms with Gasteiger partial charge in [0.1, 0.15) is 12.4 Å². The molecule has 30 heavy (non-hydrogen) atoms. The van der Waals surface area contributed by atoms with Crippen LogP contribution in [0.5, 0.6) is 5.75 Å². The van der Waals surface area contributed by atoms with Crippen LogP contribution in [0.4, 0.5) is 5.69 Å². The summed E-state index contributed by atoms with van der Waals surface area (Å²) in [4.78, 5) is 15.6. The van der Waals surface area contributed by atoms with Crippen LogP contribution >= 0.6 is 11.8 Å². The number of ether oxygens (including phenoxy) is 3. The third kappa shape index (κ3) is 6.20. The van der Waals surface area contributed by atoms with E-state index in [9.17, 15) is 4.79 Å². The van der Waals surface area contributed by atoms with Crippen LogP contribution in [0.2, 0.25) is 0 Å². The number of allylic oxidation sites excluding steroid dienone is 1. The van der Waals surface area contributed by atoms with Gasteiger partial charge in [0, 0.05) is 17.2 Å². The lowest BCUT2D eigenvalue weighted by molar-refractivity contribution is -0.142. The highest BCUT2D eigenvalue weighted by Gasteiger charge is 2.16. The Hall–Kier alpha value is -2.60. The quantitative estimate of drug-likeness (QED) is 0.311. The molecule has 160 valence electrons. The third-order valence-electron chi connectivity index (χ3n) is 4.68. The van der Waals surface area contributed by atoms with Gasteiger partial charge in [0.2, 0.25) is 5.76 Å². The van der Waals surface area contributed by atoms with Crippen LogP contribution in [0.1, 0.15) is 19.4 Å². The minimum Gasteiger partial charge on any atom is -0.492 e. The summed E-state index contributed by atoms with van der Waals surface area (Å²) in [6.45, 7) is 6.92. The monoisotopic (exact) mass is 427 g/mol. The summed E-state index contributed by atoms with van der Waals surface area (Å²) in [6.07, 6.45) is 2.36. The molecule has 0 spiro atoms. The highest BCUT2D eigenvalue weighted by molar-refractivity contribution is 7.99. The van der Waals surface area contributed by atoms with Gasteiger partial charge < -0.3 is 19.1 Å². The largest absolute Gasteiger partial charge is 0.492 e. The number of rotatable bonds is 10. The predicted molar refractivity (Wildman–Crippen MR) is 121 cm³/mol. The number of carbonyl (C=O) groups excluding carboxylic acids is 1. The summed E-state index contributed by atoms with van der Waals surface area (Å²) in [6, 6.07) is 16.5. The lowest BCUT2D eigenvalue weighted by Crippen LogP contribution is -2.33. The van der Waals surface area contributed by atoms with Crippen LogP contribution in [-0.2, 0) is 20.7 Å². The van der Waals surface area contributed by atoms with Crippen molar-refractivity contribution in [3.8, 4) is 5.75 Å². The van der Waals surface area contributed by atoms with Crippen LogP contribution in [0.3, 0.4) is 0 Å². The van der Waals surface area contributed by atoms with Gasteiger partial charge in [-0.05, 0) is 56.2 Å². The zero-order valence-corrected chi connectivity index (χ0v) is 18.5. The van der Waals surface area contributed by atoms with Crippen LogP contribution < -0.4 is 9.64 Å². The van der Waals surface area contributed by atoms with Crippen molar-refractivity contribution >= 4 is 23.4 Å². The van der Waals surface area contributed by atoms with E-state index < -0.39 is 5.97 Å². The zero-order valence-electron chi connectivity index (χ0n) is 17.6. The smallest absolute Gasteiger partial charge is 0.373 e.